The molecule has 0 radical (unpaired) electrons. The molecule has 5 rings (SSSR count). The van der Waals surface area contributed by atoms with E-state index in [1.165, 1.54) is 6.07 Å². The van der Waals surface area contributed by atoms with Crippen molar-refractivity contribution in [3.63, 3.8) is 0 Å². The van der Waals surface area contributed by atoms with E-state index in [1.807, 2.05) is 78.9 Å². The Hall–Kier alpha value is -3.86. The van der Waals surface area contributed by atoms with Crippen LogP contribution in [0.25, 0.3) is 33.3 Å². The van der Waals surface area contributed by atoms with Gasteiger partial charge in [-0.15, -0.1) is 0 Å². The van der Waals surface area contributed by atoms with E-state index in [1.54, 1.807) is 10.7 Å². The monoisotopic (exact) mass is 428 g/mol. The first-order valence-electron chi connectivity index (χ1n) is 10.3. The van der Waals surface area contributed by atoms with Crippen molar-refractivity contribution >= 4 is 10.9 Å². The minimum absolute atomic E-state index is 0.0296. The maximum atomic E-state index is 13.7. The first-order valence-corrected chi connectivity index (χ1v) is 10.3. The number of benzene rings is 4. The third-order valence-electron chi connectivity index (χ3n) is 5.49. The van der Waals surface area contributed by atoms with Gasteiger partial charge in [0.25, 0.3) is 0 Å². The van der Waals surface area contributed by atoms with Gasteiger partial charge in [-0.2, -0.15) is 18.3 Å². The maximum Gasteiger partial charge on any atom is 0.418 e. The molecule has 2 nitrogen and oxygen atoms in total. The molecule has 5 heteroatoms. The SMILES string of the molecule is FC(F)(F)c1cccc2c(-c3ccccc3)n(Cc3cccc(-c4ccccc4)c3)nc12. The minimum atomic E-state index is -4.47. The van der Waals surface area contributed by atoms with E-state index in [4.69, 9.17) is 0 Å². The fourth-order valence-electron chi connectivity index (χ4n) is 4.05. The van der Waals surface area contributed by atoms with Gasteiger partial charge in [0.2, 0.25) is 0 Å². The molecule has 0 aliphatic rings. The fraction of sp³-hybridized carbons (Fsp3) is 0.0741. The van der Waals surface area contributed by atoms with Crippen molar-refractivity contribution < 1.29 is 13.2 Å². The normalized spacial score (nSPS) is 11.7. The van der Waals surface area contributed by atoms with Crippen molar-refractivity contribution in [2.24, 2.45) is 0 Å². The van der Waals surface area contributed by atoms with Gasteiger partial charge in [0.05, 0.1) is 17.8 Å². The molecule has 0 fully saturated rings. The highest BCUT2D eigenvalue weighted by Gasteiger charge is 2.34. The minimum Gasteiger partial charge on any atom is -0.259 e. The highest BCUT2D eigenvalue weighted by Crippen LogP contribution is 2.38. The number of hydrogen-bond acceptors (Lipinski definition) is 1. The zero-order chi connectivity index (χ0) is 22.1. The second-order valence-electron chi connectivity index (χ2n) is 7.64. The third-order valence-corrected chi connectivity index (χ3v) is 5.49. The summed E-state index contributed by atoms with van der Waals surface area (Å²) in [5.74, 6) is 0. The van der Waals surface area contributed by atoms with E-state index >= 15 is 0 Å². The van der Waals surface area contributed by atoms with Gasteiger partial charge in [-0.05, 0) is 28.8 Å². The summed E-state index contributed by atoms with van der Waals surface area (Å²) in [6.45, 7) is 0.358. The molecule has 0 spiro atoms. The lowest BCUT2D eigenvalue weighted by atomic mass is 10.0. The highest BCUT2D eigenvalue weighted by molar-refractivity contribution is 5.95. The topological polar surface area (TPSA) is 17.8 Å². The molecule has 1 aromatic heterocycles. The lowest BCUT2D eigenvalue weighted by molar-refractivity contribution is -0.136. The Labute approximate surface area is 183 Å². The zero-order valence-corrected chi connectivity index (χ0v) is 17.1. The first-order chi connectivity index (χ1) is 15.5. The number of fused-ring (bicyclic) bond motifs is 1. The van der Waals surface area contributed by atoms with Gasteiger partial charge in [0, 0.05) is 10.9 Å². The summed E-state index contributed by atoms with van der Waals surface area (Å²) < 4.78 is 42.7. The Morgan fingerprint density at radius 2 is 1.28 bits per heavy atom. The smallest absolute Gasteiger partial charge is 0.259 e. The van der Waals surface area contributed by atoms with Gasteiger partial charge in [-0.25, -0.2) is 0 Å². The lowest BCUT2D eigenvalue weighted by Crippen LogP contribution is -2.06. The van der Waals surface area contributed by atoms with Crippen molar-refractivity contribution in [2.75, 3.05) is 0 Å². The molecule has 32 heavy (non-hydrogen) atoms. The Morgan fingerprint density at radius 1 is 0.656 bits per heavy atom. The maximum absolute atomic E-state index is 13.7. The van der Waals surface area contributed by atoms with E-state index in [9.17, 15) is 13.2 Å². The van der Waals surface area contributed by atoms with Crippen LogP contribution < -0.4 is 0 Å². The Morgan fingerprint density at radius 3 is 1.97 bits per heavy atom. The van der Waals surface area contributed by atoms with Crippen LogP contribution >= 0.6 is 0 Å². The van der Waals surface area contributed by atoms with Crippen LogP contribution in [0.5, 0.6) is 0 Å². The van der Waals surface area contributed by atoms with Crippen LogP contribution in [0.4, 0.5) is 13.2 Å². The average molecular weight is 428 g/mol. The molecule has 0 saturated carbocycles. The molecule has 5 aromatic rings. The van der Waals surface area contributed by atoms with Gasteiger partial charge in [-0.1, -0.05) is 91.0 Å². The largest absolute Gasteiger partial charge is 0.418 e. The molecule has 4 aromatic carbocycles. The van der Waals surface area contributed by atoms with Crippen molar-refractivity contribution in [3.8, 4) is 22.4 Å². The van der Waals surface area contributed by atoms with E-state index in [0.717, 1.165) is 28.3 Å². The van der Waals surface area contributed by atoms with Gasteiger partial charge in [0.1, 0.15) is 5.52 Å². The number of nitrogens with zero attached hydrogens (tertiary/aromatic N) is 2. The van der Waals surface area contributed by atoms with Crippen molar-refractivity contribution in [2.45, 2.75) is 12.7 Å². The highest BCUT2D eigenvalue weighted by atomic mass is 19.4. The van der Waals surface area contributed by atoms with Gasteiger partial charge < -0.3 is 0 Å². The molecule has 0 N–H and O–H groups in total. The predicted molar refractivity (Wildman–Crippen MR) is 121 cm³/mol. The van der Waals surface area contributed by atoms with Crippen LogP contribution in [-0.2, 0) is 12.7 Å². The van der Waals surface area contributed by atoms with Crippen LogP contribution in [0, 0.1) is 0 Å². The molecular formula is C27H19F3N2. The molecule has 0 aliphatic heterocycles. The third kappa shape index (κ3) is 3.78. The molecule has 0 unspecified atom stereocenters. The van der Waals surface area contributed by atoms with E-state index < -0.39 is 11.7 Å². The summed E-state index contributed by atoms with van der Waals surface area (Å²) in [6.07, 6.45) is -4.47. The molecule has 1 heterocycles. The van der Waals surface area contributed by atoms with Gasteiger partial charge in [-0.3, -0.25) is 4.68 Å². The number of aromatic nitrogens is 2. The Bertz CT molecular complexity index is 1370. The van der Waals surface area contributed by atoms with Crippen molar-refractivity contribution in [1.82, 2.24) is 9.78 Å². The summed E-state index contributed by atoms with van der Waals surface area (Å²) in [5.41, 5.74) is 3.86. The second kappa shape index (κ2) is 8.00. The van der Waals surface area contributed by atoms with E-state index in [-0.39, 0.29) is 5.52 Å². The summed E-state index contributed by atoms with van der Waals surface area (Å²) in [7, 11) is 0. The van der Waals surface area contributed by atoms with Crippen LogP contribution in [0.2, 0.25) is 0 Å². The van der Waals surface area contributed by atoms with E-state index in [0.29, 0.717) is 17.6 Å². The Kier molecular flexibility index (Phi) is 5.02. The molecular weight excluding hydrogens is 409 g/mol. The average Bonchev–Trinajstić information content (AvgIpc) is 3.17. The summed E-state index contributed by atoms with van der Waals surface area (Å²) in [6, 6.07) is 31.7. The standard InChI is InChI=1S/C27H19F3N2/c28-27(29,30)24-16-8-15-23-25(24)31-32(26(23)21-12-5-2-6-13-21)18-19-9-7-14-22(17-19)20-10-3-1-4-11-20/h1-17H,18H2. The fourth-order valence-corrected chi connectivity index (χ4v) is 4.05. The zero-order valence-electron chi connectivity index (χ0n) is 17.1. The second-order valence-corrected chi connectivity index (χ2v) is 7.64. The van der Waals surface area contributed by atoms with Gasteiger partial charge in [0.15, 0.2) is 0 Å². The van der Waals surface area contributed by atoms with E-state index in [2.05, 4.69) is 11.2 Å². The molecule has 0 saturated heterocycles. The molecule has 0 amide bonds. The molecule has 0 atom stereocenters. The van der Waals surface area contributed by atoms with Crippen molar-refractivity contribution in [1.29, 1.82) is 0 Å². The van der Waals surface area contributed by atoms with Crippen molar-refractivity contribution in [3.05, 3.63) is 114 Å². The quantitative estimate of drug-likeness (QED) is 0.291. The Balaban J connectivity index is 1.66. The van der Waals surface area contributed by atoms with Gasteiger partial charge >= 0.3 is 6.18 Å². The van der Waals surface area contributed by atoms with Crippen LogP contribution in [0.1, 0.15) is 11.1 Å². The number of rotatable bonds is 4. The number of hydrogen-bond donors (Lipinski definition) is 0. The number of halogens is 3. The van der Waals surface area contributed by atoms with Crippen LogP contribution in [0.3, 0.4) is 0 Å². The summed E-state index contributed by atoms with van der Waals surface area (Å²) in [4.78, 5) is 0. The summed E-state index contributed by atoms with van der Waals surface area (Å²) >= 11 is 0. The number of alkyl halides is 3. The molecule has 158 valence electrons. The predicted octanol–water partition coefficient (Wildman–Crippen LogP) is 7.44. The molecule has 0 bridgehead atoms. The summed E-state index contributed by atoms with van der Waals surface area (Å²) in [5, 5.41) is 4.94. The van der Waals surface area contributed by atoms with Crippen LogP contribution in [0.15, 0.2) is 103 Å². The molecule has 0 aliphatic carbocycles. The van der Waals surface area contributed by atoms with Crippen LogP contribution in [-0.4, -0.2) is 9.78 Å². The lowest BCUT2D eigenvalue weighted by Gasteiger charge is -2.10. The first kappa shape index (κ1) is 20.1.